The van der Waals surface area contributed by atoms with E-state index in [0.29, 0.717) is 25.8 Å². The highest BCUT2D eigenvalue weighted by molar-refractivity contribution is 5.83. The van der Waals surface area contributed by atoms with Crippen molar-refractivity contribution in [3.8, 4) is 0 Å². The number of aliphatic carboxylic acids is 1. The predicted octanol–water partition coefficient (Wildman–Crippen LogP) is 0.970. The van der Waals surface area contributed by atoms with Gasteiger partial charge in [0, 0.05) is 13.0 Å². The summed E-state index contributed by atoms with van der Waals surface area (Å²) in [5.41, 5.74) is 10.4. The molecule has 0 aromatic carbocycles. The number of carbonyl (C=O) groups is 2. The number of carbonyl (C=O) groups excluding carboxylic acids is 1. The maximum Gasteiger partial charge on any atom is 0.326 e. The molecule has 0 fully saturated rings. The fraction of sp³-hybridized carbons (Fsp3) is 0.786. The Morgan fingerprint density at radius 1 is 1.14 bits per heavy atom. The molecule has 0 rings (SSSR count). The van der Waals surface area contributed by atoms with Crippen molar-refractivity contribution in [1.29, 1.82) is 0 Å². The Labute approximate surface area is 126 Å². The Morgan fingerprint density at radius 3 is 2.38 bits per heavy atom. The third-order valence-electron chi connectivity index (χ3n) is 3.09. The van der Waals surface area contributed by atoms with E-state index in [1.807, 2.05) is 0 Å². The second-order valence-corrected chi connectivity index (χ2v) is 5.07. The second-order valence-electron chi connectivity index (χ2n) is 5.07. The van der Waals surface area contributed by atoms with Gasteiger partial charge in [-0.2, -0.15) is 0 Å². The molecular weight excluding hydrogens is 272 g/mol. The van der Waals surface area contributed by atoms with Gasteiger partial charge in [0.05, 0.1) is 0 Å². The van der Waals surface area contributed by atoms with Gasteiger partial charge in [0.15, 0.2) is 5.96 Å². The predicted molar refractivity (Wildman–Crippen MR) is 82.9 cm³/mol. The molecule has 122 valence electrons. The van der Waals surface area contributed by atoms with E-state index in [9.17, 15) is 9.59 Å². The Hall–Kier alpha value is -1.79. The summed E-state index contributed by atoms with van der Waals surface area (Å²) >= 11 is 0. The minimum atomic E-state index is -1.03. The van der Waals surface area contributed by atoms with Crippen molar-refractivity contribution in [3.05, 3.63) is 0 Å². The average molecular weight is 300 g/mol. The van der Waals surface area contributed by atoms with Crippen molar-refractivity contribution < 1.29 is 14.7 Å². The number of rotatable bonds is 12. The number of nitrogens with one attached hydrogen (secondary N) is 1. The molecule has 0 unspecified atom stereocenters. The molecule has 0 saturated heterocycles. The summed E-state index contributed by atoms with van der Waals surface area (Å²) in [5, 5.41) is 11.6. The quantitative estimate of drug-likeness (QED) is 0.242. The van der Waals surface area contributed by atoms with Crippen LogP contribution in [0.3, 0.4) is 0 Å². The SMILES string of the molecule is CCCCCCCC(=O)N[C@H](CCCN=C(N)N)C(=O)O. The van der Waals surface area contributed by atoms with Gasteiger partial charge in [-0.1, -0.05) is 32.6 Å². The van der Waals surface area contributed by atoms with Crippen molar-refractivity contribution in [1.82, 2.24) is 5.32 Å². The highest BCUT2D eigenvalue weighted by Gasteiger charge is 2.18. The van der Waals surface area contributed by atoms with E-state index in [0.717, 1.165) is 25.7 Å². The molecule has 0 aliphatic heterocycles. The Balaban J connectivity index is 3.93. The normalized spacial score (nSPS) is 11.7. The fourth-order valence-corrected chi connectivity index (χ4v) is 1.92. The third kappa shape index (κ3) is 11.7. The summed E-state index contributed by atoms with van der Waals surface area (Å²) in [6.45, 7) is 2.49. The lowest BCUT2D eigenvalue weighted by Gasteiger charge is -2.14. The van der Waals surface area contributed by atoms with Gasteiger partial charge in [0.25, 0.3) is 0 Å². The average Bonchev–Trinajstić information content (AvgIpc) is 2.41. The topological polar surface area (TPSA) is 131 Å². The number of hydrogen-bond acceptors (Lipinski definition) is 3. The lowest BCUT2D eigenvalue weighted by Crippen LogP contribution is -2.40. The number of carboxylic acids is 1. The molecule has 1 atom stereocenters. The Kier molecular flexibility index (Phi) is 11.0. The Morgan fingerprint density at radius 2 is 1.81 bits per heavy atom. The molecule has 7 heteroatoms. The molecule has 0 aromatic heterocycles. The lowest BCUT2D eigenvalue weighted by molar-refractivity contribution is -0.142. The summed E-state index contributed by atoms with van der Waals surface area (Å²) in [4.78, 5) is 26.5. The van der Waals surface area contributed by atoms with Crippen LogP contribution in [0.1, 0.15) is 58.3 Å². The van der Waals surface area contributed by atoms with Gasteiger partial charge in [-0.3, -0.25) is 9.79 Å². The van der Waals surface area contributed by atoms with Gasteiger partial charge < -0.3 is 21.9 Å². The van der Waals surface area contributed by atoms with Crippen molar-refractivity contribution in [3.63, 3.8) is 0 Å². The van der Waals surface area contributed by atoms with Crippen LogP contribution < -0.4 is 16.8 Å². The van der Waals surface area contributed by atoms with Crippen LogP contribution in [0.4, 0.5) is 0 Å². The first-order chi connectivity index (χ1) is 9.97. The van der Waals surface area contributed by atoms with E-state index in [1.54, 1.807) is 0 Å². The molecule has 7 nitrogen and oxygen atoms in total. The van der Waals surface area contributed by atoms with Gasteiger partial charge in [0.2, 0.25) is 5.91 Å². The first-order valence-corrected chi connectivity index (χ1v) is 7.55. The van der Waals surface area contributed by atoms with Gasteiger partial charge in [-0.15, -0.1) is 0 Å². The molecule has 0 aliphatic carbocycles. The Bertz CT molecular complexity index is 341. The summed E-state index contributed by atoms with van der Waals surface area (Å²) < 4.78 is 0. The van der Waals surface area contributed by atoms with E-state index in [1.165, 1.54) is 6.42 Å². The molecule has 0 aliphatic rings. The van der Waals surface area contributed by atoms with Gasteiger partial charge >= 0.3 is 5.97 Å². The van der Waals surface area contributed by atoms with Crippen LogP contribution in [-0.4, -0.2) is 35.5 Å². The zero-order valence-corrected chi connectivity index (χ0v) is 12.8. The van der Waals surface area contributed by atoms with Crippen LogP contribution >= 0.6 is 0 Å². The first kappa shape index (κ1) is 19.2. The van der Waals surface area contributed by atoms with Crippen LogP contribution in [0.2, 0.25) is 0 Å². The maximum atomic E-state index is 11.7. The number of nitrogens with zero attached hydrogens (tertiary/aromatic N) is 1. The minimum Gasteiger partial charge on any atom is -0.480 e. The summed E-state index contributed by atoms with van der Waals surface area (Å²) in [7, 11) is 0. The zero-order chi connectivity index (χ0) is 16.1. The van der Waals surface area contributed by atoms with Crippen LogP contribution in [0.15, 0.2) is 4.99 Å². The number of guanidine groups is 1. The lowest BCUT2D eigenvalue weighted by atomic mass is 10.1. The molecule has 0 aromatic rings. The van der Waals surface area contributed by atoms with E-state index in [-0.39, 0.29) is 11.9 Å². The van der Waals surface area contributed by atoms with Crippen LogP contribution in [0.5, 0.6) is 0 Å². The largest absolute Gasteiger partial charge is 0.480 e. The molecule has 0 radical (unpaired) electrons. The molecule has 0 heterocycles. The second kappa shape index (κ2) is 12.0. The number of hydrogen-bond donors (Lipinski definition) is 4. The smallest absolute Gasteiger partial charge is 0.326 e. The molecule has 0 bridgehead atoms. The third-order valence-corrected chi connectivity index (χ3v) is 3.09. The van der Waals surface area contributed by atoms with E-state index < -0.39 is 12.0 Å². The van der Waals surface area contributed by atoms with Crippen molar-refractivity contribution in [2.24, 2.45) is 16.5 Å². The van der Waals surface area contributed by atoms with Crippen LogP contribution in [0, 0.1) is 0 Å². The number of aliphatic imine (C=N–C) groups is 1. The molecule has 21 heavy (non-hydrogen) atoms. The van der Waals surface area contributed by atoms with E-state index in [4.69, 9.17) is 16.6 Å². The zero-order valence-electron chi connectivity index (χ0n) is 12.8. The van der Waals surface area contributed by atoms with Gasteiger partial charge in [0.1, 0.15) is 6.04 Å². The number of carboxylic acid groups (broad SMARTS) is 1. The number of unbranched alkanes of at least 4 members (excludes halogenated alkanes) is 4. The van der Waals surface area contributed by atoms with Gasteiger partial charge in [-0.25, -0.2) is 4.79 Å². The number of amides is 1. The number of nitrogens with two attached hydrogens (primary N) is 2. The van der Waals surface area contributed by atoms with Crippen molar-refractivity contribution in [2.45, 2.75) is 64.3 Å². The molecule has 0 saturated carbocycles. The molecule has 1 amide bonds. The van der Waals surface area contributed by atoms with Crippen molar-refractivity contribution in [2.75, 3.05) is 6.54 Å². The summed E-state index contributed by atoms with van der Waals surface area (Å²) in [6, 6.07) is -0.873. The fourth-order valence-electron chi connectivity index (χ4n) is 1.92. The molecular formula is C14H28N4O3. The van der Waals surface area contributed by atoms with Crippen molar-refractivity contribution >= 4 is 17.8 Å². The first-order valence-electron chi connectivity index (χ1n) is 7.55. The van der Waals surface area contributed by atoms with E-state index in [2.05, 4.69) is 17.2 Å². The highest BCUT2D eigenvalue weighted by Crippen LogP contribution is 2.06. The molecule has 0 spiro atoms. The van der Waals surface area contributed by atoms with Crippen LogP contribution in [-0.2, 0) is 9.59 Å². The highest BCUT2D eigenvalue weighted by atomic mass is 16.4. The molecule has 6 N–H and O–H groups in total. The van der Waals surface area contributed by atoms with Crippen LogP contribution in [0.25, 0.3) is 0 Å². The minimum absolute atomic E-state index is 0.0158. The summed E-state index contributed by atoms with van der Waals surface area (Å²) in [6.07, 6.45) is 6.44. The van der Waals surface area contributed by atoms with E-state index >= 15 is 0 Å². The standard InChI is InChI=1S/C14H28N4O3/c1-2-3-4-5-6-9-12(19)18-11(13(20)21)8-7-10-17-14(15)16/h11H,2-10H2,1H3,(H,18,19)(H,20,21)(H4,15,16,17)/t11-/m1/s1. The van der Waals surface area contributed by atoms with Gasteiger partial charge in [-0.05, 0) is 19.3 Å². The maximum absolute atomic E-state index is 11.7. The summed E-state index contributed by atoms with van der Waals surface area (Å²) in [5.74, 6) is -1.25. The monoisotopic (exact) mass is 300 g/mol.